The molecular formula is C16H19N. The van der Waals surface area contributed by atoms with Gasteiger partial charge in [0.25, 0.3) is 0 Å². The van der Waals surface area contributed by atoms with Crippen molar-refractivity contribution in [3.63, 3.8) is 0 Å². The van der Waals surface area contributed by atoms with Crippen molar-refractivity contribution in [2.24, 2.45) is 0 Å². The van der Waals surface area contributed by atoms with Gasteiger partial charge in [-0.15, -0.1) is 0 Å². The van der Waals surface area contributed by atoms with E-state index in [4.69, 9.17) is 0 Å². The zero-order valence-electron chi connectivity index (χ0n) is 11.0. The van der Waals surface area contributed by atoms with Gasteiger partial charge in [-0.05, 0) is 37.5 Å². The predicted molar refractivity (Wildman–Crippen MR) is 72.4 cm³/mol. The van der Waals surface area contributed by atoms with Crippen molar-refractivity contribution in [1.82, 2.24) is 4.98 Å². The van der Waals surface area contributed by atoms with Gasteiger partial charge in [-0.1, -0.05) is 37.6 Å². The third-order valence-corrected chi connectivity index (χ3v) is 4.29. The molecule has 1 unspecified atom stereocenters. The van der Waals surface area contributed by atoms with Crippen LogP contribution >= 0.6 is 0 Å². The van der Waals surface area contributed by atoms with Crippen LogP contribution in [0.15, 0.2) is 24.3 Å². The van der Waals surface area contributed by atoms with Gasteiger partial charge in [0.1, 0.15) is 0 Å². The van der Waals surface area contributed by atoms with Crippen LogP contribution in [0.4, 0.5) is 0 Å². The summed E-state index contributed by atoms with van der Waals surface area (Å²) < 4.78 is 0. The second-order valence-corrected chi connectivity index (χ2v) is 5.48. The number of aryl methyl sites for hydroxylation is 2. The SMILES string of the molecule is CCC1(C)c2cc(C)ccc2-c2[nH]c(C)cc21. The predicted octanol–water partition coefficient (Wildman–Crippen LogP) is 4.33. The molecule has 17 heavy (non-hydrogen) atoms. The van der Waals surface area contributed by atoms with Gasteiger partial charge in [-0.2, -0.15) is 0 Å². The maximum absolute atomic E-state index is 3.52. The van der Waals surface area contributed by atoms with Crippen molar-refractivity contribution >= 4 is 0 Å². The highest BCUT2D eigenvalue weighted by Gasteiger charge is 2.39. The zero-order chi connectivity index (χ0) is 12.2. The molecule has 1 aliphatic carbocycles. The number of benzene rings is 1. The summed E-state index contributed by atoms with van der Waals surface area (Å²) in [4.78, 5) is 3.52. The quantitative estimate of drug-likeness (QED) is 0.743. The molecule has 0 saturated carbocycles. The third-order valence-electron chi connectivity index (χ3n) is 4.29. The monoisotopic (exact) mass is 225 g/mol. The Morgan fingerprint density at radius 2 is 1.88 bits per heavy atom. The van der Waals surface area contributed by atoms with Crippen LogP contribution in [-0.4, -0.2) is 4.98 Å². The molecule has 2 aromatic rings. The van der Waals surface area contributed by atoms with E-state index in [-0.39, 0.29) is 5.41 Å². The Bertz CT molecular complexity index is 592. The highest BCUT2D eigenvalue weighted by molar-refractivity contribution is 5.79. The first-order valence-corrected chi connectivity index (χ1v) is 6.38. The average molecular weight is 225 g/mol. The standard InChI is InChI=1S/C16H19N/c1-5-16(4)13-8-10(2)6-7-12(13)15-14(16)9-11(3)17-15/h6-9,17H,5H2,1-4H3. The van der Waals surface area contributed by atoms with Crippen molar-refractivity contribution in [2.45, 2.75) is 39.5 Å². The second-order valence-electron chi connectivity index (χ2n) is 5.48. The van der Waals surface area contributed by atoms with E-state index in [1.165, 1.54) is 33.6 Å². The molecule has 1 aromatic carbocycles. The minimum atomic E-state index is 0.182. The van der Waals surface area contributed by atoms with Gasteiger partial charge in [0, 0.05) is 16.7 Å². The highest BCUT2D eigenvalue weighted by atomic mass is 14.7. The van der Waals surface area contributed by atoms with Gasteiger partial charge in [-0.3, -0.25) is 0 Å². The molecule has 1 aromatic heterocycles. The van der Waals surface area contributed by atoms with E-state index in [9.17, 15) is 0 Å². The van der Waals surface area contributed by atoms with E-state index in [1.807, 2.05) is 0 Å². The number of hydrogen-bond acceptors (Lipinski definition) is 0. The van der Waals surface area contributed by atoms with Gasteiger partial charge in [0.2, 0.25) is 0 Å². The molecule has 0 aliphatic heterocycles. The maximum Gasteiger partial charge on any atom is 0.0500 e. The molecule has 1 heterocycles. The molecule has 0 radical (unpaired) electrons. The Morgan fingerprint density at radius 1 is 1.12 bits per heavy atom. The van der Waals surface area contributed by atoms with Gasteiger partial charge in [-0.25, -0.2) is 0 Å². The molecule has 0 spiro atoms. The number of rotatable bonds is 1. The summed E-state index contributed by atoms with van der Waals surface area (Å²) in [6.45, 7) is 8.96. The lowest BCUT2D eigenvalue weighted by atomic mass is 9.78. The number of nitrogens with one attached hydrogen (secondary N) is 1. The van der Waals surface area contributed by atoms with E-state index in [0.29, 0.717) is 0 Å². The summed E-state index contributed by atoms with van der Waals surface area (Å²) in [5.74, 6) is 0. The molecule has 1 aliphatic rings. The van der Waals surface area contributed by atoms with Gasteiger partial charge in [0.05, 0.1) is 5.69 Å². The van der Waals surface area contributed by atoms with Crippen molar-refractivity contribution in [3.05, 3.63) is 46.6 Å². The second kappa shape index (κ2) is 3.25. The number of hydrogen-bond donors (Lipinski definition) is 1. The summed E-state index contributed by atoms with van der Waals surface area (Å²) in [7, 11) is 0. The first-order chi connectivity index (χ1) is 8.06. The van der Waals surface area contributed by atoms with Crippen LogP contribution in [0.25, 0.3) is 11.3 Å². The van der Waals surface area contributed by atoms with Crippen molar-refractivity contribution < 1.29 is 0 Å². The number of fused-ring (bicyclic) bond motifs is 3. The molecule has 1 N–H and O–H groups in total. The van der Waals surface area contributed by atoms with E-state index in [0.717, 1.165) is 6.42 Å². The number of aromatic nitrogens is 1. The minimum absolute atomic E-state index is 0.182. The highest BCUT2D eigenvalue weighted by Crippen LogP contribution is 2.50. The van der Waals surface area contributed by atoms with Gasteiger partial charge in [0.15, 0.2) is 0 Å². The summed E-state index contributed by atoms with van der Waals surface area (Å²) in [5, 5.41) is 0. The molecule has 0 fully saturated rings. The third kappa shape index (κ3) is 1.25. The molecule has 0 amide bonds. The van der Waals surface area contributed by atoms with Crippen LogP contribution in [0.2, 0.25) is 0 Å². The summed E-state index contributed by atoms with van der Waals surface area (Å²) >= 11 is 0. The zero-order valence-corrected chi connectivity index (χ0v) is 11.0. The lowest BCUT2D eigenvalue weighted by Crippen LogP contribution is -2.18. The smallest absolute Gasteiger partial charge is 0.0500 e. The van der Waals surface area contributed by atoms with Crippen LogP contribution in [-0.2, 0) is 5.41 Å². The molecule has 1 heteroatoms. The van der Waals surface area contributed by atoms with Crippen molar-refractivity contribution in [1.29, 1.82) is 0 Å². The Morgan fingerprint density at radius 3 is 2.59 bits per heavy atom. The molecule has 0 saturated heterocycles. The maximum atomic E-state index is 3.52. The molecule has 88 valence electrons. The van der Waals surface area contributed by atoms with Crippen LogP contribution < -0.4 is 0 Å². The fraction of sp³-hybridized carbons (Fsp3) is 0.375. The van der Waals surface area contributed by atoms with Crippen LogP contribution in [0.3, 0.4) is 0 Å². The average Bonchev–Trinajstić information content (AvgIpc) is 2.78. The fourth-order valence-electron chi connectivity index (χ4n) is 3.10. The van der Waals surface area contributed by atoms with E-state index in [1.54, 1.807) is 0 Å². The fourth-order valence-corrected chi connectivity index (χ4v) is 3.10. The van der Waals surface area contributed by atoms with E-state index in [2.05, 4.69) is 56.9 Å². The molecule has 3 rings (SSSR count). The minimum Gasteiger partial charge on any atom is -0.358 e. The van der Waals surface area contributed by atoms with E-state index >= 15 is 0 Å². The topological polar surface area (TPSA) is 15.8 Å². The van der Waals surface area contributed by atoms with E-state index < -0.39 is 0 Å². The normalized spacial score (nSPS) is 21.4. The van der Waals surface area contributed by atoms with Crippen LogP contribution in [0.5, 0.6) is 0 Å². The lowest BCUT2D eigenvalue weighted by Gasteiger charge is -2.25. The summed E-state index contributed by atoms with van der Waals surface area (Å²) in [6, 6.07) is 9.14. The first-order valence-electron chi connectivity index (χ1n) is 6.38. The lowest BCUT2D eigenvalue weighted by molar-refractivity contribution is 0.565. The van der Waals surface area contributed by atoms with Gasteiger partial charge >= 0.3 is 0 Å². The molecule has 1 nitrogen and oxygen atoms in total. The Labute approximate surface area is 103 Å². The molecular weight excluding hydrogens is 206 g/mol. The Hall–Kier alpha value is -1.50. The Kier molecular flexibility index (Phi) is 2.04. The summed E-state index contributed by atoms with van der Waals surface area (Å²) in [5.41, 5.74) is 8.48. The largest absolute Gasteiger partial charge is 0.358 e. The molecule has 0 bridgehead atoms. The van der Waals surface area contributed by atoms with Crippen molar-refractivity contribution in [2.75, 3.05) is 0 Å². The van der Waals surface area contributed by atoms with Crippen LogP contribution in [0.1, 0.15) is 42.7 Å². The first kappa shape index (κ1) is 10.6. The number of H-pyrrole nitrogens is 1. The molecule has 1 atom stereocenters. The summed E-state index contributed by atoms with van der Waals surface area (Å²) in [6.07, 6.45) is 1.15. The number of aromatic amines is 1. The Balaban J connectivity index is 2.36. The van der Waals surface area contributed by atoms with Gasteiger partial charge < -0.3 is 4.98 Å². The van der Waals surface area contributed by atoms with Crippen molar-refractivity contribution in [3.8, 4) is 11.3 Å². The van der Waals surface area contributed by atoms with Crippen LogP contribution in [0, 0.1) is 13.8 Å².